The number of carbonyl (C=O) groups excluding carboxylic acids is 1. The summed E-state index contributed by atoms with van der Waals surface area (Å²) >= 11 is 1.41. The van der Waals surface area contributed by atoms with Crippen LogP contribution in [0.25, 0.3) is 0 Å². The first-order valence-corrected chi connectivity index (χ1v) is 7.03. The molecule has 1 aromatic heterocycles. The number of amides is 1. The van der Waals surface area contributed by atoms with Gasteiger partial charge in [-0.15, -0.1) is 10.2 Å². The summed E-state index contributed by atoms with van der Waals surface area (Å²) in [6, 6.07) is 0. The molecule has 0 aromatic carbocycles. The zero-order valence-electron chi connectivity index (χ0n) is 11.6. The van der Waals surface area contributed by atoms with Crippen LogP contribution in [-0.4, -0.2) is 27.4 Å². The third-order valence-corrected chi connectivity index (χ3v) is 2.81. The molecule has 0 saturated heterocycles. The molecule has 0 bridgehead atoms. The van der Waals surface area contributed by atoms with Gasteiger partial charge >= 0.3 is 0 Å². The lowest BCUT2D eigenvalue weighted by Crippen LogP contribution is -2.40. The molecule has 18 heavy (non-hydrogen) atoms. The van der Waals surface area contributed by atoms with E-state index in [1.54, 1.807) is 0 Å². The van der Waals surface area contributed by atoms with Gasteiger partial charge in [0.25, 0.3) is 5.22 Å². The minimum atomic E-state index is -0.183. The van der Waals surface area contributed by atoms with Crippen molar-refractivity contribution in [3.8, 4) is 0 Å². The quantitative estimate of drug-likeness (QED) is 0.834. The molecule has 0 radical (unpaired) electrons. The fourth-order valence-corrected chi connectivity index (χ4v) is 1.93. The highest BCUT2D eigenvalue weighted by atomic mass is 32.2. The topological polar surface area (TPSA) is 68.0 Å². The first-order chi connectivity index (χ1) is 8.28. The molecular formula is C12H21N3O2S. The Morgan fingerprint density at radius 2 is 2.06 bits per heavy atom. The molecule has 0 atom stereocenters. The molecule has 0 aliphatic rings. The Labute approximate surface area is 112 Å². The van der Waals surface area contributed by atoms with Gasteiger partial charge in [0.05, 0.1) is 0 Å². The molecule has 0 aliphatic carbocycles. The van der Waals surface area contributed by atoms with Gasteiger partial charge in [-0.25, -0.2) is 0 Å². The monoisotopic (exact) mass is 271 g/mol. The fraction of sp³-hybridized carbons (Fsp3) is 0.750. The Bertz CT molecular complexity index is 396. The van der Waals surface area contributed by atoms with Gasteiger partial charge in [0.2, 0.25) is 11.8 Å². The van der Waals surface area contributed by atoms with Gasteiger partial charge in [0.15, 0.2) is 0 Å². The van der Waals surface area contributed by atoms with Crippen molar-refractivity contribution in [2.24, 2.45) is 0 Å². The predicted molar refractivity (Wildman–Crippen MR) is 71.6 cm³/mol. The van der Waals surface area contributed by atoms with Crippen LogP contribution in [0.1, 0.15) is 52.8 Å². The van der Waals surface area contributed by atoms with Crippen LogP contribution in [0.2, 0.25) is 0 Å². The second-order valence-corrected chi connectivity index (χ2v) is 6.50. The summed E-state index contributed by atoms with van der Waals surface area (Å²) in [6.07, 6.45) is 0.446. The number of rotatable bonds is 5. The SMILES string of the molecule is CC(C)c1nnc(SCCC(=O)NC(C)(C)C)o1. The van der Waals surface area contributed by atoms with E-state index >= 15 is 0 Å². The Balaban J connectivity index is 2.31. The highest BCUT2D eigenvalue weighted by Gasteiger charge is 2.14. The van der Waals surface area contributed by atoms with Gasteiger partial charge < -0.3 is 9.73 Å². The van der Waals surface area contributed by atoms with Crippen molar-refractivity contribution in [1.82, 2.24) is 15.5 Å². The summed E-state index contributed by atoms with van der Waals surface area (Å²) in [5, 5.41) is 11.3. The summed E-state index contributed by atoms with van der Waals surface area (Å²) in [5.41, 5.74) is -0.183. The average molecular weight is 271 g/mol. The Hall–Kier alpha value is -1.04. The van der Waals surface area contributed by atoms with Crippen molar-refractivity contribution in [2.75, 3.05) is 5.75 Å². The summed E-state index contributed by atoms with van der Waals surface area (Å²) in [6.45, 7) is 9.89. The van der Waals surface area contributed by atoms with Crippen LogP contribution in [0.4, 0.5) is 0 Å². The van der Waals surface area contributed by atoms with Gasteiger partial charge in [-0.3, -0.25) is 4.79 Å². The lowest BCUT2D eigenvalue weighted by molar-refractivity contribution is -0.122. The zero-order chi connectivity index (χ0) is 13.8. The molecule has 0 aliphatic heterocycles. The molecule has 0 fully saturated rings. The van der Waals surface area contributed by atoms with E-state index < -0.39 is 0 Å². The number of hydrogen-bond donors (Lipinski definition) is 1. The average Bonchev–Trinajstić information content (AvgIpc) is 2.63. The molecule has 1 heterocycles. The molecule has 102 valence electrons. The summed E-state index contributed by atoms with van der Waals surface area (Å²) < 4.78 is 5.44. The van der Waals surface area contributed by atoms with E-state index in [0.29, 0.717) is 23.3 Å². The van der Waals surface area contributed by atoms with Gasteiger partial charge in [-0.2, -0.15) is 0 Å². The maximum atomic E-state index is 11.6. The van der Waals surface area contributed by atoms with Crippen LogP contribution in [0.3, 0.4) is 0 Å². The van der Waals surface area contributed by atoms with E-state index in [0.717, 1.165) is 0 Å². The largest absolute Gasteiger partial charge is 0.416 e. The third kappa shape index (κ3) is 5.53. The molecule has 0 saturated carbocycles. The summed E-state index contributed by atoms with van der Waals surface area (Å²) in [4.78, 5) is 11.6. The molecule has 1 aromatic rings. The lowest BCUT2D eigenvalue weighted by atomic mass is 10.1. The van der Waals surface area contributed by atoms with E-state index in [9.17, 15) is 4.79 Å². The number of aromatic nitrogens is 2. The van der Waals surface area contributed by atoms with Crippen LogP contribution in [0, 0.1) is 0 Å². The van der Waals surface area contributed by atoms with Crippen LogP contribution in [-0.2, 0) is 4.79 Å². The molecular weight excluding hydrogens is 250 g/mol. The van der Waals surface area contributed by atoms with E-state index in [4.69, 9.17) is 4.42 Å². The van der Waals surface area contributed by atoms with Crippen molar-refractivity contribution in [3.05, 3.63) is 5.89 Å². The standard InChI is InChI=1S/C12H21N3O2S/c1-8(2)10-14-15-11(17-10)18-7-6-9(16)13-12(3,4)5/h8H,6-7H2,1-5H3,(H,13,16). The van der Waals surface area contributed by atoms with Crippen LogP contribution in [0.5, 0.6) is 0 Å². The summed E-state index contributed by atoms with van der Waals surface area (Å²) in [5.74, 6) is 1.55. The third-order valence-electron chi connectivity index (χ3n) is 1.99. The summed E-state index contributed by atoms with van der Waals surface area (Å²) in [7, 11) is 0. The second-order valence-electron chi connectivity index (χ2n) is 5.46. The van der Waals surface area contributed by atoms with Gasteiger partial charge in [-0.1, -0.05) is 25.6 Å². The van der Waals surface area contributed by atoms with Gasteiger partial charge in [-0.05, 0) is 20.8 Å². The maximum Gasteiger partial charge on any atom is 0.276 e. The highest BCUT2D eigenvalue weighted by molar-refractivity contribution is 7.99. The van der Waals surface area contributed by atoms with Crippen molar-refractivity contribution in [1.29, 1.82) is 0 Å². The van der Waals surface area contributed by atoms with E-state index in [2.05, 4.69) is 15.5 Å². The van der Waals surface area contributed by atoms with E-state index in [1.165, 1.54) is 11.8 Å². The number of nitrogens with one attached hydrogen (secondary N) is 1. The molecule has 1 N–H and O–H groups in total. The fourth-order valence-electron chi connectivity index (χ4n) is 1.22. The molecule has 5 nitrogen and oxygen atoms in total. The second kappa shape index (κ2) is 6.22. The molecule has 1 rings (SSSR count). The van der Waals surface area contributed by atoms with Crippen LogP contribution in [0.15, 0.2) is 9.64 Å². The number of thioether (sulfide) groups is 1. The van der Waals surface area contributed by atoms with Crippen molar-refractivity contribution in [3.63, 3.8) is 0 Å². The first kappa shape index (κ1) is 15.0. The highest BCUT2D eigenvalue weighted by Crippen LogP contribution is 2.20. The minimum Gasteiger partial charge on any atom is -0.416 e. The number of hydrogen-bond acceptors (Lipinski definition) is 5. The van der Waals surface area contributed by atoms with Gasteiger partial charge in [0.1, 0.15) is 0 Å². The lowest BCUT2D eigenvalue weighted by Gasteiger charge is -2.20. The van der Waals surface area contributed by atoms with Gasteiger partial charge in [0, 0.05) is 23.6 Å². The maximum absolute atomic E-state index is 11.6. The molecule has 6 heteroatoms. The van der Waals surface area contributed by atoms with Crippen molar-refractivity contribution >= 4 is 17.7 Å². The zero-order valence-corrected chi connectivity index (χ0v) is 12.4. The molecule has 1 amide bonds. The first-order valence-electron chi connectivity index (χ1n) is 6.05. The predicted octanol–water partition coefficient (Wildman–Crippen LogP) is 2.59. The Kier molecular flexibility index (Phi) is 5.19. The number of carbonyl (C=O) groups is 1. The Morgan fingerprint density at radius 3 is 2.56 bits per heavy atom. The minimum absolute atomic E-state index is 0.0404. The normalized spacial score (nSPS) is 11.9. The van der Waals surface area contributed by atoms with Crippen molar-refractivity contribution in [2.45, 2.75) is 57.7 Å². The van der Waals surface area contributed by atoms with Crippen LogP contribution >= 0.6 is 11.8 Å². The molecule has 0 spiro atoms. The van der Waals surface area contributed by atoms with Crippen molar-refractivity contribution < 1.29 is 9.21 Å². The molecule has 0 unspecified atom stereocenters. The van der Waals surface area contributed by atoms with Crippen LogP contribution < -0.4 is 5.32 Å². The Morgan fingerprint density at radius 1 is 1.39 bits per heavy atom. The van der Waals surface area contributed by atoms with E-state index in [1.807, 2.05) is 34.6 Å². The smallest absolute Gasteiger partial charge is 0.276 e. The van der Waals surface area contributed by atoms with E-state index in [-0.39, 0.29) is 17.4 Å². The number of nitrogens with zero attached hydrogens (tertiary/aromatic N) is 2.